The predicted octanol–water partition coefficient (Wildman–Crippen LogP) is 4.58. The van der Waals surface area contributed by atoms with Crippen molar-refractivity contribution in [3.05, 3.63) is 76.3 Å². The molecule has 168 valence electrons. The summed E-state index contributed by atoms with van der Waals surface area (Å²) in [5.41, 5.74) is 4.33. The van der Waals surface area contributed by atoms with Gasteiger partial charge in [0, 0.05) is 17.5 Å². The molecule has 2 heterocycles. The van der Waals surface area contributed by atoms with Crippen molar-refractivity contribution in [2.75, 3.05) is 6.61 Å². The van der Waals surface area contributed by atoms with Gasteiger partial charge in [-0.25, -0.2) is 9.78 Å². The zero-order valence-electron chi connectivity index (χ0n) is 18.7. The summed E-state index contributed by atoms with van der Waals surface area (Å²) in [6.45, 7) is 7.35. The molecule has 0 aliphatic carbocycles. The van der Waals surface area contributed by atoms with Crippen LogP contribution in [0.25, 0.3) is 0 Å². The number of benzene rings is 1. The zero-order chi connectivity index (χ0) is 23.1. The average molecular weight is 454 g/mol. The summed E-state index contributed by atoms with van der Waals surface area (Å²) in [4.78, 5) is 29.2. The van der Waals surface area contributed by atoms with Crippen molar-refractivity contribution >= 4 is 23.6 Å². The summed E-state index contributed by atoms with van der Waals surface area (Å²) in [5, 5.41) is 7.33. The number of amides is 1. The van der Waals surface area contributed by atoms with Crippen LogP contribution < -0.4 is 5.32 Å². The molecule has 32 heavy (non-hydrogen) atoms. The third-order valence-corrected chi connectivity index (χ3v) is 6.16. The van der Waals surface area contributed by atoms with Crippen LogP contribution in [0.5, 0.6) is 0 Å². The maximum Gasteiger partial charge on any atom is 0.341 e. The maximum absolute atomic E-state index is 12.6. The number of esters is 1. The smallest absolute Gasteiger partial charge is 0.341 e. The van der Waals surface area contributed by atoms with E-state index >= 15 is 0 Å². The van der Waals surface area contributed by atoms with E-state index in [0.29, 0.717) is 16.3 Å². The molecule has 0 saturated carbocycles. The topological polar surface area (TPSA) is 94.3 Å². The van der Waals surface area contributed by atoms with Crippen molar-refractivity contribution in [3.63, 3.8) is 0 Å². The monoisotopic (exact) mass is 453 g/mol. The highest BCUT2D eigenvalue weighted by molar-refractivity contribution is 7.98. The number of nitrogens with zero attached hydrogens (tertiary/aromatic N) is 2. The molecule has 0 radical (unpaired) electrons. The van der Waals surface area contributed by atoms with Crippen LogP contribution >= 0.6 is 11.8 Å². The van der Waals surface area contributed by atoms with E-state index in [0.717, 1.165) is 29.0 Å². The van der Waals surface area contributed by atoms with Crippen LogP contribution in [0.15, 0.2) is 52.1 Å². The van der Waals surface area contributed by atoms with Crippen molar-refractivity contribution in [1.29, 1.82) is 0 Å². The van der Waals surface area contributed by atoms with E-state index in [4.69, 9.17) is 9.26 Å². The van der Waals surface area contributed by atoms with Gasteiger partial charge < -0.3 is 14.6 Å². The zero-order valence-corrected chi connectivity index (χ0v) is 19.5. The van der Waals surface area contributed by atoms with Gasteiger partial charge in [-0.05, 0) is 50.5 Å². The standard InChI is InChI=1S/C24H27N3O4S/c1-5-18-8-10-19(11-9-18)15(2)26-22(28)13-30-24(29)20-7-6-12-25-23(20)32-14-21-16(3)27-31-17(21)4/h6-12,15H,5,13-14H2,1-4H3,(H,26,28). The van der Waals surface area contributed by atoms with Crippen LogP contribution in [-0.4, -0.2) is 28.6 Å². The molecule has 1 unspecified atom stereocenters. The van der Waals surface area contributed by atoms with Gasteiger partial charge in [0.1, 0.15) is 10.8 Å². The minimum atomic E-state index is -0.588. The van der Waals surface area contributed by atoms with Crippen LogP contribution in [0.4, 0.5) is 0 Å². The molecule has 1 atom stereocenters. The number of ether oxygens (including phenoxy) is 1. The Hall–Kier alpha value is -3.13. The molecule has 0 spiro atoms. The Morgan fingerprint density at radius 3 is 2.59 bits per heavy atom. The number of nitrogens with one attached hydrogen (secondary N) is 1. The van der Waals surface area contributed by atoms with Gasteiger partial charge in [0.2, 0.25) is 0 Å². The highest BCUT2D eigenvalue weighted by Crippen LogP contribution is 2.27. The molecule has 0 aliphatic heterocycles. The van der Waals surface area contributed by atoms with Crippen molar-refractivity contribution in [2.24, 2.45) is 0 Å². The lowest BCUT2D eigenvalue weighted by molar-refractivity contribution is -0.124. The molecular formula is C24H27N3O4S. The fourth-order valence-electron chi connectivity index (χ4n) is 3.13. The van der Waals surface area contributed by atoms with Crippen LogP contribution in [0.3, 0.4) is 0 Å². The van der Waals surface area contributed by atoms with E-state index in [1.807, 2.05) is 45.0 Å². The van der Waals surface area contributed by atoms with Gasteiger partial charge in [0.05, 0.1) is 17.3 Å². The number of carbonyl (C=O) groups is 2. The molecule has 3 rings (SSSR count). The molecule has 3 aromatic rings. The van der Waals surface area contributed by atoms with E-state index in [1.54, 1.807) is 18.3 Å². The van der Waals surface area contributed by atoms with Crippen LogP contribution in [0.1, 0.15) is 58.4 Å². The molecule has 0 bridgehead atoms. The number of aromatic nitrogens is 2. The maximum atomic E-state index is 12.6. The minimum absolute atomic E-state index is 0.188. The quantitative estimate of drug-likeness (QED) is 0.374. The Kier molecular flexibility index (Phi) is 8.05. The first-order valence-electron chi connectivity index (χ1n) is 10.4. The molecule has 0 aliphatic rings. The summed E-state index contributed by atoms with van der Waals surface area (Å²) in [5.74, 6) is 0.353. The van der Waals surface area contributed by atoms with E-state index < -0.39 is 5.97 Å². The lowest BCUT2D eigenvalue weighted by Crippen LogP contribution is -2.31. The Balaban J connectivity index is 1.55. The van der Waals surface area contributed by atoms with Gasteiger partial charge in [-0.15, -0.1) is 11.8 Å². The molecular weight excluding hydrogens is 426 g/mol. The second kappa shape index (κ2) is 10.9. The Bertz CT molecular complexity index is 1060. The number of thioether (sulfide) groups is 1. The van der Waals surface area contributed by atoms with E-state index in [2.05, 4.69) is 22.4 Å². The summed E-state index contributed by atoms with van der Waals surface area (Å²) >= 11 is 1.39. The van der Waals surface area contributed by atoms with Crippen molar-refractivity contribution in [1.82, 2.24) is 15.5 Å². The SMILES string of the molecule is CCc1ccc(C(C)NC(=O)COC(=O)c2cccnc2SCc2c(C)noc2C)cc1. The van der Waals surface area contributed by atoms with Crippen LogP contribution in [0.2, 0.25) is 0 Å². The minimum Gasteiger partial charge on any atom is -0.452 e. The molecule has 0 fully saturated rings. The highest BCUT2D eigenvalue weighted by atomic mass is 32.2. The third kappa shape index (κ3) is 5.97. The number of hydrogen-bond acceptors (Lipinski definition) is 7. The molecule has 2 aromatic heterocycles. The summed E-state index contributed by atoms with van der Waals surface area (Å²) in [7, 11) is 0. The fourth-order valence-corrected chi connectivity index (χ4v) is 4.26. The molecule has 1 amide bonds. The molecule has 8 heteroatoms. The van der Waals surface area contributed by atoms with Gasteiger partial charge in [0.25, 0.3) is 5.91 Å². The van der Waals surface area contributed by atoms with E-state index in [-0.39, 0.29) is 18.6 Å². The number of rotatable bonds is 9. The summed E-state index contributed by atoms with van der Waals surface area (Å²) in [6.07, 6.45) is 2.58. The second-order valence-electron chi connectivity index (χ2n) is 7.41. The normalized spacial score (nSPS) is 11.8. The molecule has 7 nitrogen and oxygen atoms in total. The van der Waals surface area contributed by atoms with Crippen molar-refractivity contribution in [3.8, 4) is 0 Å². The largest absolute Gasteiger partial charge is 0.452 e. The Morgan fingerprint density at radius 2 is 1.94 bits per heavy atom. The summed E-state index contributed by atoms with van der Waals surface area (Å²) in [6, 6.07) is 11.2. The lowest BCUT2D eigenvalue weighted by atomic mass is 10.1. The van der Waals surface area contributed by atoms with Gasteiger partial charge in [-0.2, -0.15) is 0 Å². The Labute approximate surface area is 191 Å². The summed E-state index contributed by atoms with van der Waals surface area (Å²) < 4.78 is 10.4. The van der Waals surface area contributed by atoms with Gasteiger partial charge >= 0.3 is 5.97 Å². The molecule has 1 aromatic carbocycles. The number of carbonyl (C=O) groups excluding carboxylic acids is 2. The molecule has 0 saturated heterocycles. The van der Waals surface area contributed by atoms with Crippen molar-refractivity contribution < 1.29 is 18.8 Å². The molecule has 1 N–H and O–H groups in total. The number of pyridine rings is 1. The van der Waals surface area contributed by atoms with Gasteiger partial charge in [0.15, 0.2) is 6.61 Å². The van der Waals surface area contributed by atoms with Crippen LogP contribution in [0, 0.1) is 13.8 Å². The van der Waals surface area contributed by atoms with Crippen LogP contribution in [-0.2, 0) is 21.7 Å². The predicted molar refractivity (Wildman–Crippen MR) is 122 cm³/mol. The highest BCUT2D eigenvalue weighted by Gasteiger charge is 2.18. The third-order valence-electron chi connectivity index (χ3n) is 5.13. The first-order chi connectivity index (χ1) is 15.4. The Morgan fingerprint density at radius 1 is 1.19 bits per heavy atom. The fraction of sp³-hybridized carbons (Fsp3) is 0.333. The lowest BCUT2D eigenvalue weighted by Gasteiger charge is -2.15. The van der Waals surface area contributed by atoms with Gasteiger partial charge in [-0.3, -0.25) is 4.79 Å². The number of aryl methyl sites for hydroxylation is 3. The first-order valence-corrected chi connectivity index (χ1v) is 11.4. The van der Waals surface area contributed by atoms with Crippen molar-refractivity contribution in [2.45, 2.75) is 50.9 Å². The first kappa shape index (κ1) is 23.5. The second-order valence-corrected chi connectivity index (χ2v) is 8.37. The number of hydrogen-bond donors (Lipinski definition) is 1. The van der Waals surface area contributed by atoms with E-state index in [1.165, 1.54) is 17.3 Å². The average Bonchev–Trinajstić information content (AvgIpc) is 3.13. The van der Waals surface area contributed by atoms with E-state index in [9.17, 15) is 9.59 Å². The van der Waals surface area contributed by atoms with Gasteiger partial charge in [-0.1, -0.05) is 36.3 Å².